The molecule has 4 rings (SSSR count). The Labute approximate surface area is 168 Å². The second-order valence-corrected chi connectivity index (χ2v) is 9.97. The summed E-state index contributed by atoms with van der Waals surface area (Å²) in [5, 5.41) is 4.68. The predicted octanol–water partition coefficient (Wildman–Crippen LogP) is 2.10. The number of amides is 1. The monoisotopic (exact) mass is 422 g/mol. The Morgan fingerprint density at radius 3 is 2.61 bits per heavy atom. The number of benzene rings is 1. The smallest absolute Gasteiger partial charge is 0.252 e. The molecule has 1 N–H and O–H groups in total. The average molecular weight is 423 g/mol. The van der Waals surface area contributed by atoms with Crippen LogP contribution in [-0.2, 0) is 14.8 Å². The largest absolute Gasteiger partial charge is 0.486 e. The van der Waals surface area contributed by atoms with Crippen molar-refractivity contribution < 1.29 is 22.7 Å². The number of para-hydroxylation sites is 2. The lowest BCUT2D eigenvalue weighted by molar-refractivity contribution is -0.126. The molecule has 1 aromatic carbocycles. The summed E-state index contributed by atoms with van der Waals surface area (Å²) in [6.45, 7) is 1.46. The third kappa shape index (κ3) is 4.01. The molecule has 28 heavy (non-hydrogen) atoms. The minimum Gasteiger partial charge on any atom is -0.486 e. The van der Waals surface area contributed by atoms with Crippen molar-refractivity contribution in [2.24, 2.45) is 5.92 Å². The third-order valence-corrected chi connectivity index (χ3v) is 8.26. The molecule has 0 unspecified atom stereocenters. The molecule has 3 heterocycles. The maximum Gasteiger partial charge on any atom is 0.252 e. The van der Waals surface area contributed by atoms with Crippen molar-refractivity contribution in [2.45, 2.75) is 23.2 Å². The summed E-state index contributed by atoms with van der Waals surface area (Å²) in [7, 11) is -3.44. The first-order valence-electron chi connectivity index (χ1n) is 9.24. The Morgan fingerprint density at radius 2 is 1.89 bits per heavy atom. The Morgan fingerprint density at radius 1 is 1.14 bits per heavy atom. The second-order valence-electron chi connectivity index (χ2n) is 6.85. The molecule has 0 bridgehead atoms. The van der Waals surface area contributed by atoms with Crippen LogP contribution in [-0.4, -0.2) is 51.0 Å². The van der Waals surface area contributed by atoms with Gasteiger partial charge in [0.1, 0.15) is 16.9 Å². The average Bonchev–Trinajstić information content (AvgIpc) is 3.28. The SMILES string of the molecule is O=C(NC[C@H]1COc2ccccc2O1)C1CCN(S(=O)(=O)c2cccs2)CC1. The summed E-state index contributed by atoms with van der Waals surface area (Å²) in [4.78, 5) is 12.5. The molecule has 0 radical (unpaired) electrons. The zero-order valence-corrected chi connectivity index (χ0v) is 16.9. The molecule has 1 saturated heterocycles. The van der Waals surface area contributed by atoms with Gasteiger partial charge < -0.3 is 14.8 Å². The first-order valence-corrected chi connectivity index (χ1v) is 11.6. The van der Waals surface area contributed by atoms with Crippen LogP contribution >= 0.6 is 11.3 Å². The number of hydrogen-bond acceptors (Lipinski definition) is 6. The van der Waals surface area contributed by atoms with Gasteiger partial charge in [-0.3, -0.25) is 4.79 Å². The Bertz CT molecular complexity index is 922. The van der Waals surface area contributed by atoms with E-state index < -0.39 is 10.0 Å². The number of nitrogens with zero attached hydrogens (tertiary/aromatic N) is 1. The number of carbonyl (C=O) groups excluding carboxylic acids is 1. The van der Waals surface area contributed by atoms with E-state index >= 15 is 0 Å². The normalized spacial score (nSPS) is 20.6. The number of thiophene rings is 1. The molecule has 1 atom stereocenters. The lowest BCUT2D eigenvalue weighted by Gasteiger charge is -2.31. The van der Waals surface area contributed by atoms with Crippen LogP contribution in [0, 0.1) is 5.92 Å². The van der Waals surface area contributed by atoms with Crippen molar-refractivity contribution in [3.05, 3.63) is 41.8 Å². The fourth-order valence-corrected chi connectivity index (χ4v) is 6.03. The molecule has 1 aromatic heterocycles. The van der Waals surface area contributed by atoms with E-state index in [1.54, 1.807) is 17.5 Å². The first kappa shape index (κ1) is 19.2. The third-order valence-electron chi connectivity index (χ3n) is 4.99. The van der Waals surface area contributed by atoms with Crippen LogP contribution in [0.5, 0.6) is 11.5 Å². The van der Waals surface area contributed by atoms with Gasteiger partial charge >= 0.3 is 0 Å². The number of rotatable bonds is 5. The van der Waals surface area contributed by atoms with E-state index in [-0.39, 0.29) is 17.9 Å². The van der Waals surface area contributed by atoms with Gasteiger partial charge in [0.05, 0.1) is 6.54 Å². The van der Waals surface area contributed by atoms with Crippen molar-refractivity contribution in [1.82, 2.24) is 9.62 Å². The number of sulfonamides is 1. The highest BCUT2D eigenvalue weighted by molar-refractivity contribution is 7.91. The van der Waals surface area contributed by atoms with Crippen molar-refractivity contribution >= 4 is 27.3 Å². The van der Waals surface area contributed by atoms with Crippen LogP contribution in [0.25, 0.3) is 0 Å². The second kappa shape index (κ2) is 8.10. The van der Waals surface area contributed by atoms with Crippen LogP contribution in [0.15, 0.2) is 46.0 Å². The van der Waals surface area contributed by atoms with Crippen molar-refractivity contribution in [3.8, 4) is 11.5 Å². The molecule has 0 saturated carbocycles. The standard InChI is InChI=1S/C19H22N2O5S2/c22-19(20-12-15-13-25-16-4-1-2-5-17(16)26-15)14-7-9-21(10-8-14)28(23,24)18-6-3-11-27-18/h1-6,11,14-15H,7-10,12-13H2,(H,20,22)/t15-/m0/s1. The number of nitrogens with one attached hydrogen (secondary N) is 1. The maximum atomic E-state index is 12.6. The van der Waals surface area contributed by atoms with Gasteiger partial charge in [0.15, 0.2) is 11.5 Å². The predicted molar refractivity (Wildman–Crippen MR) is 105 cm³/mol. The molecule has 7 nitrogen and oxygen atoms in total. The summed E-state index contributed by atoms with van der Waals surface area (Å²) < 4.78 is 38.4. The quantitative estimate of drug-likeness (QED) is 0.798. The van der Waals surface area contributed by atoms with Gasteiger partial charge in [-0.2, -0.15) is 4.31 Å². The van der Waals surface area contributed by atoms with E-state index in [1.807, 2.05) is 24.3 Å². The van der Waals surface area contributed by atoms with Crippen LogP contribution in [0.3, 0.4) is 0 Å². The summed E-state index contributed by atoms with van der Waals surface area (Å²) >= 11 is 1.22. The number of ether oxygens (including phenoxy) is 2. The van der Waals surface area contributed by atoms with Crippen molar-refractivity contribution in [3.63, 3.8) is 0 Å². The van der Waals surface area contributed by atoms with E-state index in [0.717, 1.165) is 0 Å². The van der Waals surface area contributed by atoms with Gasteiger partial charge in [-0.1, -0.05) is 18.2 Å². The molecular weight excluding hydrogens is 400 g/mol. The van der Waals surface area contributed by atoms with Gasteiger partial charge in [-0.15, -0.1) is 11.3 Å². The molecule has 9 heteroatoms. The topological polar surface area (TPSA) is 84.9 Å². The minimum atomic E-state index is -3.44. The zero-order chi connectivity index (χ0) is 19.6. The van der Waals surface area contributed by atoms with Gasteiger partial charge in [0.2, 0.25) is 5.91 Å². The molecular formula is C19H22N2O5S2. The summed E-state index contributed by atoms with van der Waals surface area (Å²) in [5.74, 6) is 1.15. The molecule has 2 aliphatic rings. The van der Waals surface area contributed by atoms with Crippen LogP contribution < -0.4 is 14.8 Å². The molecule has 2 aromatic rings. The van der Waals surface area contributed by atoms with Crippen LogP contribution in [0.1, 0.15) is 12.8 Å². The van der Waals surface area contributed by atoms with E-state index in [4.69, 9.17) is 9.47 Å². The van der Waals surface area contributed by atoms with E-state index in [2.05, 4.69) is 5.32 Å². The lowest BCUT2D eigenvalue weighted by Crippen LogP contribution is -2.46. The summed E-state index contributed by atoms with van der Waals surface area (Å²) in [6, 6.07) is 10.8. The van der Waals surface area contributed by atoms with Gasteiger partial charge in [-0.05, 0) is 36.4 Å². The highest BCUT2D eigenvalue weighted by Gasteiger charge is 2.33. The fourth-order valence-electron chi connectivity index (χ4n) is 3.42. The maximum absolute atomic E-state index is 12.6. The molecule has 0 aliphatic carbocycles. The highest BCUT2D eigenvalue weighted by Crippen LogP contribution is 2.31. The minimum absolute atomic E-state index is 0.0596. The summed E-state index contributed by atoms with van der Waals surface area (Å²) in [6.07, 6.45) is 0.793. The molecule has 2 aliphatic heterocycles. The molecule has 1 amide bonds. The Kier molecular flexibility index (Phi) is 5.56. The van der Waals surface area contributed by atoms with E-state index in [9.17, 15) is 13.2 Å². The lowest BCUT2D eigenvalue weighted by atomic mass is 9.97. The molecule has 1 fully saturated rings. The Balaban J connectivity index is 1.26. The van der Waals surface area contributed by atoms with Crippen molar-refractivity contribution in [2.75, 3.05) is 26.2 Å². The molecule has 0 spiro atoms. The fraction of sp³-hybridized carbons (Fsp3) is 0.421. The number of piperidine rings is 1. The Hall–Kier alpha value is -2.10. The van der Waals surface area contributed by atoms with E-state index in [1.165, 1.54) is 15.6 Å². The molecule has 150 valence electrons. The zero-order valence-electron chi connectivity index (χ0n) is 15.2. The number of carbonyl (C=O) groups is 1. The van der Waals surface area contributed by atoms with Crippen LogP contribution in [0.2, 0.25) is 0 Å². The van der Waals surface area contributed by atoms with Gasteiger partial charge in [0, 0.05) is 19.0 Å². The van der Waals surface area contributed by atoms with Crippen molar-refractivity contribution in [1.29, 1.82) is 0 Å². The van der Waals surface area contributed by atoms with Gasteiger partial charge in [-0.25, -0.2) is 8.42 Å². The summed E-state index contributed by atoms with van der Waals surface area (Å²) in [5.41, 5.74) is 0. The van der Waals surface area contributed by atoms with Gasteiger partial charge in [0.25, 0.3) is 10.0 Å². The number of hydrogen-bond donors (Lipinski definition) is 1. The highest BCUT2D eigenvalue weighted by atomic mass is 32.2. The first-order chi connectivity index (χ1) is 13.5. The van der Waals surface area contributed by atoms with E-state index in [0.29, 0.717) is 54.8 Å². The number of fused-ring (bicyclic) bond motifs is 1. The van der Waals surface area contributed by atoms with Crippen LogP contribution in [0.4, 0.5) is 0 Å².